The maximum atomic E-state index is 10.4. The lowest BCUT2D eigenvalue weighted by Crippen LogP contribution is -2.60. The number of hydrogen-bond donors (Lipinski definition) is 5. The average Bonchev–Trinajstić information content (AvgIpc) is 3.23. The SMILES string of the molecule is CCCCCCOc1ccc(Cc2c(O[C@@H]3O[C@H](CO)[C@@H](O)[C@H](O)[C@H]3O)n[nH]c2C(C)C)c(C)c1. The van der Waals surface area contributed by atoms with E-state index in [1.165, 1.54) is 19.3 Å². The van der Waals surface area contributed by atoms with E-state index >= 15 is 0 Å². The van der Waals surface area contributed by atoms with Gasteiger partial charge in [-0.15, -0.1) is 5.10 Å². The van der Waals surface area contributed by atoms with Crippen LogP contribution < -0.4 is 9.47 Å². The third-order valence-corrected chi connectivity index (χ3v) is 6.46. The number of rotatable bonds is 12. The van der Waals surface area contributed by atoms with Crippen LogP contribution in [-0.4, -0.2) is 74.5 Å². The van der Waals surface area contributed by atoms with Crippen LogP contribution in [0.1, 0.15) is 74.8 Å². The Hall–Kier alpha value is -2.17. The number of nitrogens with zero attached hydrogens (tertiary/aromatic N) is 1. The molecule has 0 radical (unpaired) electrons. The number of hydrogen-bond acceptors (Lipinski definition) is 8. The van der Waals surface area contributed by atoms with Crippen LogP contribution in [0.3, 0.4) is 0 Å². The van der Waals surface area contributed by atoms with Crippen molar-refractivity contribution in [2.24, 2.45) is 0 Å². The molecule has 0 unspecified atom stereocenters. The van der Waals surface area contributed by atoms with Gasteiger partial charge in [0.25, 0.3) is 0 Å². The molecule has 3 rings (SSSR count). The highest BCUT2D eigenvalue weighted by Gasteiger charge is 2.45. The van der Waals surface area contributed by atoms with E-state index in [-0.39, 0.29) is 11.8 Å². The molecule has 1 aromatic heterocycles. The van der Waals surface area contributed by atoms with E-state index in [0.717, 1.165) is 34.6 Å². The monoisotopic (exact) mass is 492 g/mol. The molecule has 2 heterocycles. The molecule has 0 spiro atoms. The zero-order valence-corrected chi connectivity index (χ0v) is 21.1. The second-order valence-electron chi connectivity index (χ2n) is 9.57. The molecule has 1 aromatic carbocycles. The summed E-state index contributed by atoms with van der Waals surface area (Å²) in [7, 11) is 0. The number of aliphatic hydroxyl groups is 4. The molecule has 0 amide bonds. The molecule has 1 aliphatic rings. The average molecular weight is 493 g/mol. The molecular formula is C26H40N2O7. The van der Waals surface area contributed by atoms with E-state index in [0.29, 0.717) is 13.0 Å². The summed E-state index contributed by atoms with van der Waals surface area (Å²) in [6.07, 6.45) is -1.66. The topological polar surface area (TPSA) is 137 Å². The fourth-order valence-corrected chi connectivity index (χ4v) is 4.25. The molecule has 5 atom stereocenters. The minimum atomic E-state index is -1.52. The summed E-state index contributed by atoms with van der Waals surface area (Å²) in [5.74, 6) is 1.22. The third kappa shape index (κ3) is 6.74. The molecule has 0 aliphatic carbocycles. The summed E-state index contributed by atoms with van der Waals surface area (Å²) < 4.78 is 17.3. The van der Waals surface area contributed by atoms with Gasteiger partial charge in [0.05, 0.1) is 13.2 Å². The van der Waals surface area contributed by atoms with Crippen LogP contribution in [0.15, 0.2) is 18.2 Å². The highest BCUT2D eigenvalue weighted by atomic mass is 16.7. The standard InChI is InChI=1S/C26H40N2O7/c1-5-6-7-8-11-33-18-10-9-17(16(4)12-18)13-19-21(15(2)3)27-28-25(19)35-26-24(32)23(31)22(30)20(14-29)34-26/h9-10,12,15,20,22-24,26,29-32H,5-8,11,13-14H2,1-4H3,(H,27,28)/t20-,22-,23+,24-,26+/m1/s1. The van der Waals surface area contributed by atoms with Gasteiger partial charge in [-0.25, -0.2) is 0 Å². The van der Waals surface area contributed by atoms with Crippen molar-refractivity contribution in [2.45, 2.75) is 96.4 Å². The molecule has 1 fully saturated rings. The number of benzene rings is 1. The Balaban J connectivity index is 1.76. The van der Waals surface area contributed by atoms with Crippen LogP contribution >= 0.6 is 0 Å². The first kappa shape index (κ1) is 27.4. The highest BCUT2D eigenvalue weighted by molar-refractivity contribution is 5.42. The lowest BCUT2D eigenvalue weighted by molar-refractivity contribution is -0.278. The predicted molar refractivity (Wildman–Crippen MR) is 131 cm³/mol. The largest absolute Gasteiger partial charge is 0.494 e. The van der Waals surface area contributed by atoms with Crippen molar-refractivity contribution in [3.8, 4) is 11.6 Å². The van der Waals surface area contributed by atoms with E-state index in [9.17, 15) is 20.4 Å². The van der Waals surface area contributed by atoms with Gasteiger partial charge in [0.2, 0.25) is 12.2 Å². The number of aromatic nitrogens is 2. The van der Waals surface area contributed by atoms with Crippen molar-refractivity contribution in [2.75, 3.05) is 13.2 Å². The van der Waals surface area contributed by atoms with Gasteiger partial charge in [-0.05, 0) is 42.5 Å². The maximum absolute atomic E-state index is 10.4. The molecule has 2 aromatic rings. The van der Waals surface area contributed by atoms with Crippen LogP contribution in [-0.2, 0) is 11.2 Å². The zero-order chi connectivity index (χ0) is 25.5. The van der Waals surface area contributed by atoms with Crippen LogP contribution in [0.25, 0.3) is 0 Å². The Morgan fingerprint density at radius 2 is 1.86 bits per heavy atom. The van der Waals surface area contributed by atoms with E-state index in [4.69, 9.17) is 14.2 Å². The Morgan fingerprint density at radius 1 is 1.09 bits per heavy atom. The van der Waals surface area contributed by atoms with Crippen molar-refractivity contribution in [1.82, 2.24) is 10.2 Å². The molecule has 196 valence electrons. The fourth-order valence-electron chi connectivity index (χ4n) is 4.25. The third-order valence-electron chi connectivity index (χ3n) is 6.46. The number of aliphatic hydroxyl groups excluding tert-OH is 4. The van der Waals surface area contributed by atoms with Gasteiger partial charge in [0, 0.05) is 17.7 Å². The van der Waals surface area contributed by atoms with Gasteiger partial charge in [-0.2, -0.15) is 0 Å². The summed E-state index contributed by atoms with van der Waals surface area (Å²) in [4.78, 5) is 0. The lowest BCUT2D eigenvalue weighted by atomic mass is 9.96. The van der Waals surface area contributed by atoms with E-state index in [1.54, 1.807) is 0 Å². The van der Waals surface area contributed by atoms with Gasteiger partial charge in [0.15, 0.2) is 0 Å². The predicted octanol–water partition coefficient (Wildman–Crippen LogP) is 2.57. The van der Waals surface area contributed by atoms with Gasteiger partial charge in [-0.3, -0.25) is 5.10 Å². The summed E-state index contributed by atoms with van der Waals surface area (Å²) in [5.41, 5.74) is 3.85. The molecular weight excluding hydrogens is 452 g/mol. The molecule has 0 bridgehead atoms. The van der Waals surface area contributed by atoms with E-state index in [2.05, 4.69) is 17.1 Å². The van der Waals surface area contributed by atoms with E-state index in [1.807, 2.05) is 39.0 Å². The number of ether oxygens (including phenoxy) is 3. The number of H-pyrrole nitrogens is 1. The normalized spacial score (nSPS) is 24.7. The van der Waals surface area contributed by atoms with Crippen molar-refractivity contribution in [3.63, 3.8) is 0 Å². The Kier molecular flexibility index (Phi) is 9.94. The van der Waals surface area contributed by atoms with Crippen LogP contribution in [0.4, 0.5) is 0 Å². The molecule has 5 N–H and O–H groups in total. The first-order chi connectivity index (χ1) is 16.8. The second-order valence-corrected chi connectivity index (χ2v) is 9.57. The van der Waals surface area contributed by atoms with Crippen molar-refractivity contribution >= 4 is 0 Å². The maximum Gasteiger partial charge on any atom is 0.238 e. The van der Waals surface area contributed by atoms with Gasteiger partial charge in [-0.1, -0.05) is 46.1 Å². The van der Waals surface area contributed by atoms with Crippen LogP contribution in [0.2, 0.25) is 0 Å². The number of aryl methyl sites for hydroxylation is 1. The Bertz CT molecular complexity index is 930. The lowest BCUT2D eigenvalue weighted by Gasteiger charge is -2.39. The second kappa shape index (κ2) is 12.7. The minimum Gasteiger partial charge on any atom is -0.494 e. The smallest absolute Gasteiger partial charge is 0.238 e. The Morgan fingerprint density at radius 3 is 2.51 bits per heavy atom. The summed E-state index contributed by atoms with van der Waals surface area (Å²) in [6, 6.07) is 6.03. The van der Waals surface area contributed by atoms with Crippen LogP contribution in [0, 0.1) is 6.92 Å². The number of aromatic amines is 1. The molecule has 1 aliphatic heterocycles. The number of nitrogens with one attached hydrogen (secondary N) is 1. The summed E-state index contributed by atoms with van der Waals surface area (Å²) >= 11 is 0. The highest BCUT2D eigenvalue weighted by Crippen LogP contribution is 2.32. The van der Waals surface area contributed by atoms with Gasteiger partial charge in [0.1, 0.15) is 30.2 Å². The summed E-state index contributed by atoms with van der Waals surface area (Å²) in [5, 5.41) is 47.3. The first-order valence-corrected chi connectivity index (χ1v) is 12.5. The van der Waals surface area contributed by atoms with Gasteiger partial charge < -0.3 is 34.6 Å². The summed E-state index contributed by atoms with van der Waals surface area (Å²) in [6.45, 7) is 8.48. The quantitative estimate of drug-likeness (QED) is 0.285. The van der Waals surface area contributed by atoms with Crippen LogP contribution in [0.5, 0.6) is 11.6 Å². The van der Waals surface area contributed by atoms with E-state index < -0.39 is 37.3 Å². The minimum absolute atomic E-state index is 0.135. The zero-order valence-electron chi connectivity index (χ0n) is 21.1. The van der Waals surface area contributed by atoms with Crippen molar-refractivity contribution in [1.29, 1.82) is 0 Å². The van der Waals surface area contributed by atoms with Crippen molar-refractivity contribution < 1.29 is 34.6 Å². The molecule has 0 saturated carbocycles. The molecule has 9 nitrogen and oxygen atoms in total. The fraction of sp³-hybridized carbons (Fsp3) is 0.654. The van der Waals surface area contributed by atoms with Crippen molar-refractivity contribution in [3.05, 3.63) is 40.6 Å². The molecule has 1 saturated heterocycles. The molecule has 35 heavy (non-hydrogen) atoms. The number of unbranched alkanes of at least 4 members (excludes halogenated alkanes) is 3. The Labute approximate surface area is 207 Å². The van der Waals surface area contributed by atoms with Gasteiger partial charge >= 0.3 is 0 Å². The molecule has 9 heteroatoms. The first-order valence-electron chi connectivity index (χ1n) is 12.5.